The number of allylic oxidation sites excluding steroid dienone is 4. The summed E-state index contributed by atoms with van der Waals surface area (Å²) >= 11 is 0. The molecule has 0 aromatic heterocycles. The lowest BCUT2D eigenvalue weighted by Gasteiger charge is -2.22. The van der Waals surface area contributed by atoms with Gasteiger partial charge in [-0.2, -0.15) is 0 Å². The second kappa shape index (κ2) is 68.8. The van der Waals surface area contributed by atoms with E-state index < -0.39 is 12.1 Å². The summed E-state index contributed by atoms with van der Waals surface area (Å²) in [5, 5.41) is 23.4. The number of hydrogen-bond acceptors (Lipinski definition) is 5. The second-order valence-electron chi connectivity index (χ2n) is 25.0. The highest BCUT2D eigenvalue weighted by Crippen LogP contribution is 2.19. The molecule has 0 bridgehead atoms. The number of unbranched alkanes of at least 4 members (excludes halogenated alkanes) is 54. The van der Waals surface area contributed by atoms with Crippen LogP contribution in [0, 0.1) is 0 Å². The first kappa shape index (κ1) is 77.3. The maximum absolute atomic E-state index is 12.6. The number of rotatable bonds is 68. The average molecular weight is 1110 g/mol. The summed E-state index contributed by atoms with van der Waals surface area (Å²) in [5.74, 6) is -0.0476. The van der Waals surface area contributed by atoms with E-state index in [-0.39, 0.29) is 18.5 Å². The third kappa shape index (κ3) is 65.4. The zero-order valence-electron chi connectivity index (χ0n) is 53.6. The van der Waals surface area contributed by atoms with Crippen molar-refractivity contribution in [2.45, 2.75) is 418 Å². The summed E-state index contributed by atoms with van der Waals surface area (Å²) in [7, 11) is 0. The van der Waals surface area contributed by atoms with Gasteiger partial charge in [0, 0.05) is 12.8 Å². The largest absolute Gasteiger partial charge is 0.466 e. The van der Waals surface area contributed by atoms with Crippen LogP contribution in [0.1, 0.15) is 406 Å². The predicted molar refractivity (Wildman–Crippen MR) is 347 cm³/mol. The number of nitrogens with one attached hydrogen (secondary N) is 1. The van der Waals surface area contributed by atoms with Crippen LogP contribution >= 0.6 is 0 Å². The number of ether oxygens (including phenoxy) is 1. The SMILES string of the molecule is CCCCCCCCCCCCCCCCCCCCCCCCCCCC(O)C(CO)NC(=O)CCCCCCCCCCCC/C=C\C=C/CCCCCOC(=O)CCCCCCCCCCCCCCCCCCCC. The highest BCUT2D eigenvalue weighted by atomic mass is 16.5. The second-order valence-corrected chi connectivity index (χ2v) is 25.0. The normalized spacial score (nSPS) is 12.6. The summed E-state index contributed by atoms with van der Waals surface area (Å²) in [6.45, 7) is 4.96. The lowest BCUT2D eigenvalue weighted by atomic mass is 10.0. The van der Waals surface area contributed by atoms with Crippen molar-refractivity contribution in [3.05, 3.63) is 24.3 Å². The van der Waals surface area contributed by atoms with Crippen LogP contribution in [0.4, 0.5) is 0 Å². The first-order chi connectivity index (χ1) is 39.0. The van der Waals surface area contributed by atoms with Gasteiger partial charge >= 0.3 is 5.97 Å². The quantitative estimate of drug-likeness (QED) is 0.0320. The van der Waals surface area contributed by atoms with Gasteiger partial charge < -0.3 is 20.3 Å². The molecule has 3 N–H and O–H groups in total. The van der Waals surface area contributed by atoms with Crippen LogP contribution in [0.15, 0.2) is 24.3 Å². The van der Waals surface area contributed by atoms with E-state index in [4.69, 9.17) is 4.74 Å². The number of carbonyl (C=O) groups excluding carboxylic acids is 2. The Morgan fingerprint density at radius 3 is 0.937 bits per heavy atom. The van der Waals surface area contributed by atoms with Crippen molar-refractivity contribution in [3.63, 3.8) is 0 Å². The van der Waals surface area contributed by atoms with Gasteiger partial charge in [-0.15, -0.1) is 0 Å². The molecule has 0 aromatic carbocycles. The van der Waals surface area contributed by atoms with Gasteiger partial charge in [-0.25, -0.2) is 0 Å². The molecule has 0 aliphatic heterocycles. The van der Waals surface area contributed by atoms with Crippen molar-refractivity contribution in [2.75, 3.05) is 13.2 Å². The van der Waals surface area contributed by atoms with E-state index in [0.717, 1.165) is 70.6 Å². The van der Waals surface area contributed by atoms with E-state index in [9.17, 15) is 19.8 Å². The minimum atomic E-state index is -0.673. The fourth-order valence-corrected chi connectivity index (χ4v) is 11.5. The summed E-state index contributed by atoms with van der Waals surface area (Å²) in [6.07, 6.45) is 86.6. The Morgan fingerprint density at radius 2 is 0.620 bits per heavy atom. The zero-order chi connectivity index (χ0) is 57.1. The number of aliphatic hydroxyl groups excluding tert-OH is 2. The molecule has 6 heteroatoms. The molecule has 6 nitrogen and oxygen atoms in total. The Labute approximate surface area is 494 Å². The summed E-state index contributed by atoms with van der Waals surface area (Å²) in [4.78, 5) is 24.7. The van der Waals surface area contributed by atoms with Crippen LogP contribution in [0.2, 0.25) is 0 Å². The Morgan fingerprint density at radius 1 is 0.354 bits per heavy atom. The number of carbonyl (C=O) groups is 2. The molecular weight excluding hydrogens is 971 g/mol. The van der Waals surface area contributed by atoms with Crippen molar-refractivity contribution < 1.29 is 24.5 Å². The highest BCUT2D eigenvalue weighted by molar-refractivity contribution is 5.76. The molecule has 0 aliphatic carbocycles. The lowest BCUT2D eigenvalue weighted by Crippen LogP contribution is -2.45. The van der Waals surface area contributed by atoms with Crippen molar-refractivity contribution in [1.29, 1.82) is 0 Å². The summed E-state index contributed by atoms with van der Waals surface area (Å²) in [6, 6.07) is -0.551. The van der Waals surface area contributed by atoms with Gasteiger partial charge in [-0.3, -0.25) is 9.59 Å². The van der Waals surface area contributed by atoms with Crippen molar-refractivity contribution in [1.82, 2.24) is 5.32 Å². The molecule has 468 valence electrons. The molecule has 2 unspecified atom stereocenters. The zero-order valence-corrected chi connectivity index (χ0v) is 53.6. The number of amides is 1. The van der Waals surface area contributed by atoms with E-state index >= 15 is 0 Å². The third-order valence-corrected chi connectivity index (χ3v) is 17.0. The molecule has 0 aromatic rings. The van der Waals surface area contributed by atoms with E-state index in [1.54, 1.807) is 0 Å². The Kier molecular flexibility index (Phi) is 67.4. The molecule has 2 atom stereocenters. The molecule has 0 saturated carbocycles. The predicted octanol–water partition coefficient (Wildman–Crippen LogP) is 23.3. The first-order valence-corrected chi connectivity index (χ1v) is 36.1. The Bertz CT molecular complexity index is 1230. The van der Waals surface area contributed by atoms with Gasteiger partial charge in [-0.05, 0) is 57.8 Å². The fraction of sp³-hybridized carbons (Fsp3) is 0.918. The van der Waals surface area contributed by atoms with Gasteiger partial charge in [0.2, 0.25) is 5.91 Å². The molecule has 79 heavy (non-hydrogen) atoms. The molecular formula is C73H141NO5. The Balaban J connectivity index is 3.44. The van der Waals surface area contributed by atoms with Crippen LogP contribution in [-0.4, -0.2) is 47.4 Å². The fourth-order valence-electron chi connectivity index (χ4n) is 11.5. The summed E-state index contributed by atoms with van der Waals surface area (Å²) in [5.41, 5.74) is 0. The highest BCUT2D eigenvalue weighted by Gasteiger charge is 2.20. The maximum atomic E-state index is 12.6. The van der Waals surface area contributed by atoms with Crippen LogP contribution < -0.4 is 5.32 Å². The molecule has 1 amide bonds. The van der Waals surface area contributed by atoms with Crippen LogP contribution in [-0.2, 0) is 14.3 Å². The van der Waals surface area contributed by atoms with E-state index in [1.165, 1.54) is 302 Å². The maximum Gasteiger partial charge on any atom is 0.305 e. The van der Waals surface area contributed by atoms with Gasteiger partial charge in [0.05, 0.1) is 25.4 Å². The molecule has 0 rings (SSSR count). The minimum Gasteiger partial charge on any atom is -0.466 e. The minimum absolute atomic E-state index is 0.00769. The molecule has 0 spiro atoms. The smallest absolute Gasteiger partial charge is 0.305 e. The lowest BCUT2D eigenvalue weighted by molar-refractivity contribution is -0.143. The molecule has 0 saturated heterocycles. The summed E-state index contributed by atoms with van der Waals surface area (Å²) < 4.78 is 5.48. The molecule has 0 fully saturated rings. The van der Waals surface area contributed by atoms with Crippen molar-refractivity contribution in [2.24, 2.45) is 0 Å². The Hall–Kier alpha value is -1.66. The molecule has 0 aliphatic rings. The van der Waals surface area contributed by atoms with Crippen LogP contribution in [0.3, 0.4) is 0 Å². The number of aliphatic hydroxyl groups is 2. The van der Waals surface area contributed by atoms with E-state index in [0.29, 0.717) is 25.9 Å². The van der Waals surface area contributed by atoms with Crippen molar-refractivity contribution in [3.8, 4) is 0 Å². The molecule has 0 heterocycles. The van der Waals surface area contributed by atoms with Gasteiger partial charge in [0.1, 0.15) is 0 Å². The van der Waals surface area contributed by atoms with Crippen LogP contribution in [0.5, 0.6) is 0 Å². The third-order valence-electron chi connectivity index (χ3n) is 17.0. The van der Waals surface area contributed by atoms with Crippen LogP contribution in [0.25, 0.3) is 0 Å². The van der Waals surface area contributed by atoms with Crippen molar-refractivity contribution >= 4 is 11.9 Å². The van der Waals surface area contributed by atoms with Gasteiger partial charge in [0.25, 0.3) is 0 Å². The number of esters is 1. The standard InChI is InChI=1S/C73H141NO5/c1-3-5-7-9-11-13-15-17-19-21-23-24-25-26-27-28-30-33-37-41-45-49-53-57-61-65-71(76)70(69-75)74-72(77)66-62-58-54-50-46-42-38-34-31-29-32-36-40-44-48-52-56-60-64-68-79-73(78)67-63-59-55-51-47-43-39-35-22-20-18-16-14-12-10-8-6-4-2/h36,40,44,48,70-71,75-76H,3-35,37-39,41-43,45-47,49-69H2,1-2H3,(H,74,77)/b40-36-,48-44-. The van der Waals surface area contributed by atoms with Gasteiger partial charge in [-0.1, -0.05) is 359 Å². The van der Waals surface area contributed by atoms with Gasteiger partial charge in [0.15, 0.2) is 0 Å². The topological polar surface area (TPSA) is 95.9 Å². The van der Waals surface area contributed by atoms with E-state index in [2.05, 4.69) is 43.5 Å². The first-order valence-electron chi connectivity index (χ1n) is 36.1. The average Bonchev–Trinajstić information content (AvgIpc) is 3.45. The van der Waals surface area contributed by atoms with E-state index in [1.807, 2.05) is 0 Å². The molecule has 0 radical (unpaired) electrons. The monoisotopic (exact) mass is 1110 g/mol. The number of hydrogen-bond donors (Lipinski definition) is 3.